The average molecular weight is 265 g/mol. The van der Waals surface area contributed by atoms with Gasteiger partial charge in [-0.2, -0.15) is 13.2 Å². The van der Waals surface area contributed by atoms with Gasteiger partial charge in [0.1, 0.15) is 0 Å². The Balaban J connectivity index is 3.01. The number of nitrogen functional groups attached to an aromatic ring is 1. The summed E-state index contributed by atoms with van der Waals surface area (Å²) in [6, 6.07) is 3.35. The molecule has 0 fully saturated rings. The summed E-state index contributed by atoms with van der Waals surface area (Å²) in [5, 5.41) is 0. The number of halogens is 4. The number of allylic oxidation sites excluding steroid dienone is 1. The van der Waals surface area contributed by atoms with E-state index in [0.29, 0.717) is 17.9 Å². The Kier molecular flexibility index (Phi) is 4.84. The second-order valence-corrected chi connectivity index (χ2v) is 3.70. The van der Waals surface area contributed by atoms with Gasteiger partial charge in [-0.3, -0.25) is 5.84 Å². The van der Waals surface area contributed by atoms with Crippen LogP contribution in [0.25, 0.3) is 6.08 Å². The highest BCUT2D eigenvalue weighted by molar-refractivity contribution is 6.17. The van der Waals surface area contributed by atoms with Crippen LogP contribution in [0.3, 0.4) is 0 Å². The molecule has 3 N–H and O–H groups in total. The van der Waals surface area contributed by atoms with E-state index in [0.717, 1.165) is 12.1 Å². The molecule has 0 aliphatic rings. The number of hydrazine groups is 1. The normalized spacial score (nSPS) is 12.1. The van der Waals surface area contributed by atoms with Crippen LogP contribution in [-0.4, -0.2) is 5.88 Å². The first-order valence-electron chi connectivity index (χ1n) is 4.89. The molecule has 17 heavy (non-hydrogen) atoms. The van der Waals surface area contributed by atoms with Crippen molar-refractivity contribution in [2.75, 3.05) is 11.3 Å². The lowest BCUT2D eigenvalue weighted by Crippen LogP contribution is -2.11. The van der Waals surface area contributed by atoms with Gasteiger partial charge in [0.25, 0.3) is 0 Å². The summed E-state index contributed by atoms with van der Waals surface area (Å²) < 4.78 is 37.3. The molecule has 0 aliphatic heterocycles. The lowest BCUT2D eigenvalue weighted by Gasteiger charge is -2.11. The quantitative estimate of drug-likeness (QED) is 0.495. The molecule has 0 aliphatic carbocycles. The maximum absolute atomic E-state index is 12.4. The molecule has 0 saturated heterocycles. The largest absolute Gasteiger partial charge is 0.416 e. The van der Waals surface area contributed by atoms with Crippen LogP contribution in [0.15, 0.2) is 24.3 Å². The molecule has 0 bridgehead atoms. The number of rotatable bonds is 4. The van der Waals surface area contributed by atoms with Crippen LogP contribution in [0.5, 0.6) is 0 Å². The Morgan fingerprint density at radius 1 is 1.35 bits per heavy atom. The summed E-state index contributed by atoms with van der Waals surface area (Å²) in [5.41, 5.74) is 2.33. The number of anilines is 1. The fourth-order valence-electron chi connectivity index (χ4n) is 1.28. The van der Waals surface area contributed by atoms with Gasteiger partial charge < -0.3 is 5.43 Å². The van der Waals surface area contributed by atoms with Gasteiger partial charge >= 0.3 is 6.18 Å². The summed E-state index contributed by atoms with van der Waals surface area (Å²) >= 11 is 5.49. The van der Waals surface area contributed by atoms with Crippen molar-refractivity contribution in [2.45, 2.75) is 12.6 Å². The second-order valence-electron chi connectivity index (χ2n) is 3.32. The Hall–Kier alpha value is -1.20. The Morgan fingerprint density at radius 2 is 2.06 bits per heavy atom. The zero-order valence-electron chi connectivity index (χ0n) is 8.89. The van der Waals surface area contributed by atoms with E-state index < -0.39 is 11.7 Å². The first-order valence-corrected chi connectivity index (χ1v) is 5.43. The van der Waals surface area contributed by atoms with Gasteiger partial charge in [-0.1, -0.05) is 18.2 Å². The van der Waals surface area contributed by atoms with Crippen LogP contribution in [0, 0.1) is 0 Å². The van der Waals surface area contributed by atoms with E-state index >= 15 is 0 Å². The second kappa shape index (κ2) is 5.93. The van der Waals surface area contributed by atoms with Crippen molar-refractivity contribution in [1.82, 2.24) is 0 Å². The molecule has 6 heteroatoms. The predicted molar refractivity (Wildman–Crippen MR) is 63.6 cm³/mol. The Labute approximate surface area is 102 Å². The lowest BCUT2D eigenvalue weighted by atomic mass is 10.1. The minimum absolute atomic E-state index is 0.227. The minimum Gasteiger partial charge on any atom is -0.324 e. The van der Waals surface area contributed by atoms with E-state index in [2.05, 4.69) is 5.43 Å². The van der Waals surface area contributed by atoms with Crippen LogP contribution >= 0.6 is 11.6 Å². The maximum Gasteiger partial charge on any atom is 0.416 e. The van der Waals surface area contributed by atoms with Crippen molar-refractivity contribution < 1.29 is 13.2 Å². The van der Waals surface area contributed by atoms with Gasteiger partial charge in [0.05, 0.1) is 11.3 Å². The molecule has 94 valence electrons. The molecule has 0 aromatic heterocycles. The minimum atomic E-state index is -4.37. The molecule has 0 unspecified atom stereocenters. The van der Waals surface area contributed by atoms with Crippen LogP contribution in [0.1, 0.15) is 17.5 Å². The maximum atomic E-state index is 12.4. The van der Waals surface area contributed by atoms with Crippen molar-refractivity contribution in [2.24, 2.45) is 5.84 Å². The molecule has 0 atom stereocenters. The third kappa shape index (κ3) is 3.94. The summed E-state index contributed by atoms with van der Waals surface area (Å²) in [6.45, 7) is 0. The van der Waals surface area contributed by atoms with Gasteiger partial charge in [-0.15, -0.1) is 11.6 Å². The number of alkyl halides is 4. The molecular weight excluding hydrogens is 253 g/mol. The van der Waals surface area contributed by atoms with Crippen molar-refractivity contribution in [3.8, 4) is 0 Å². The number of benzene rings is 1. The van der Waals surface area contributed by atoms with Crippen LogP contribution in [0.2, 0.25) is 0 Å². The van der Waals surface area contributed by atoms with E-state index in [-0.39, 0.29) is 5.69 Å². The Bertz CT molecular complexity index is 402. The number of nitrogens with two attached hydrogens (primary N) is 1. The van der Waals surface area contributed by atoms with E-state index in [1.807, 2.05) is 0 Å². The first kappa shape index (κ1) is 13.9. The van der Waals surface area contributed by atoms with E-state index in [4.69, 9.17) is 17.4 Å². The molecule has 0 radical (unpaired) electrons. The predicted octanol–water partition coefficient (Wildman–Crippen LogP) is 3.63. The van der Waals surface area contributed by atoms with Crippen molar-refractivity contribution >= 4 is 23.4 Å². The first-order chi connectivity index (χ1) is 7.99. The molecule has 2 nitrogen and oxygen atoms in total. The van der Waals surface area contributed by atoms with Crippen molar-refractivity contribution in [1.29, 1.82) is 0 Å². The van der Waals surface area contributed by atoms with E-state index in [9.17, 15) is 13.2 Å². The fourth-order valence-corrected chi connectivity index (χ4v) is 1.40. The van der Waals surface area contributed by atoms with Crippen molar-refractivity contribution in [3.63, 3.8) is 0 Å². The number of nitrogens with one attached hydrogen (secondary N) is 1. The van der Waals surface area contributed by atoms with Gasteiger partial charge in [0.15, 0.2) is 0 Å². The monoisotopic (exact) mass is 264 g/mol. The van der Waals surface area contributed by atoms with Crippen LogP contribution < -0.4 is 11.3 Å². The fraction of sp³-hybridized carbons (Fsp3) is 0.273. The summed E-state index contributed by atoms with van der Waals surface area (Å²) in [4.78, 5) is 0. The highest BCUT2D eigenvalue weighted by atomic mass is 35.5. The van der Waals surface area contributed by atoms with Crippen molar-refractivity contribution in [3.05, 3.63) is 35.4 Å². The molecule has 0 spiro atoms. The zero-order valence-corrected chi connectivity index (χ0v) is 9.65. The third-order valence-corrected chi connectivity index (χ3v) is 2.33. The van der Waals surface area contributed by atoms with Gasteiger partial charge in [-0.05, 0) is 24.1 Å². The summed E-state index contributed by atoms with van der Waals surface area (Å²) in [6.07, 6.45) is -0.273. The van der Waals surface area contributed by atoms with Crippen LogP contribution in [-0.2, 0) is 6.18 Å². The summed E-state index contributed by atoms with van der Waals surface area (Å²) in [5.74, 6) is 5.65. The Morgan fingerprint density at radius 3 is 2.59 bits per heavy atom. The third-order valence-electron chi connectivity index (χ3n) is 2.11. The molecular formula is C11H12ClF3N2. The smallest absolute Gasteiger partial charge is 0.324 e. The van der Waals surface area contributed by atoms with E-state index in [1.54, 1.807) is 12.2 Å². The van der Waals surface area contributed by atoms with Crippen LogP contribution in [0.4, 0.5) is 18.9 Å². The molecule has 0 amide bonds. The molecule has 1 aromatic carbocycles. The summed E-state index contributed by atoms with van der Waals surface area (Å²) in [7, 11) is 0. The SMILES string of the molecule is NNc1cc(C(F)(F)F)ccc1C=CCCCl. The van der Waals surface area contributed by atoms with Gasteiger partial charge in [0, 0.05) is 5.88 Å². The molecule has 1 rings (SSSR count). The lowest BCUT2D eigenvalue weighted by molar-refractivity contribution is -0.137. The van der Waals surface area contributed by atoms with E-state index in [1.165, 1.54) is 6.07 Å². The zero-order chi connectivity index (χ0) is 12.9. The average Bonchev–Trinajstić information content (AvgIpc) is 2.28. The number of hydrogen-bond acceptors (Lipinski definition) is 2. The standard InChI is InChI=1S/C11H12ClF3N2/c12-6-2-1-3-8-4-5-9(11(13,14)15)7-10(8)17-16/h1,3-5,7,17H,2,6,16H2. The highest BCUT2D eigenvalue weighted by Gasteiger charge is 2.30. The van der Waals surface area contributed by atoms with Gasteiger partial charge in [0.2, 0.25) is 0 Å². The van der Waals surface area contributed by atoms with Gasteiger partial charge in [-0.25, -0.2) is 0 Å². The molecule has 1 aromatic rings. The number of hydrogen-bond donors (Lipinski definition) is 2. The molecule has 0 heterocycles. The molecule has 0 saturated carbocycles. The topological polar surface area (TPSA) is 38.0 Å². The highest BCUT2D eigenvalue weighted by Crippen LogP contribution is 2.32.